The average molecular weight is 198 g/mol. The van der Waals surface area contributed by atoms with E-state index in [1.165, 1.54) is 0 Å². The number of carbonyl (C=O) groups is 1. The largest absolute Gasteiger partial charge is 0.356 e. The van der Waals surface area contributed by atoms with Crippen LogP contribution >= 0.6 is 0 Å². The van der Waals surface area contributed by atoms with E-state index >= 15 is 0 Å². The molecule has 3 nitrogen and oxygen atoms in total. The van der Waals surface area contributed by atoms with Gasteiger partial charge in [-0.2, -0.15) is 0 Å². The summed E-state index contributed by atoms with van der Waals surface area (Å²) in [6, 6.07) is 0. The van der Waals surface area contributed by atoms with Gasteiger partial charge in [0.1, 0.15) is 0 Å². The molecule has 1 rings (SSSR count). The SMILES string of the molecule is CC(CCN(C)C)CNC(=O)C1CC1. The van der Waals surface area contributed by atoms with Crippen LogP contribution in [0.4, 0.5) is 0 Å². The highest BCUT2D eigenvalue weighted by atomic mass is 16.2. The number of nitrogens with zero attached hydrogens (tertiary/aromatic N) is 1. The molecule has 0 bridgehead atoms. The van der Waals surface area contributed by atoms with E-state index in [0.717, 1.165) is 32.4 Å². The van der Waals surface area contributed by atoms with Gasteiger partial charge in [0.2, 0.25) is 5.91 Å². The van der Waals surface area contributed by atoms with Crippen LogP contribution in [-0.4, -0.2) is 38.0 Å². The fraction of sp³-hybridized carbons (Fsp3) is 0.909. The Kier molecular flexibility index (Phi) is 4.39. The minimum Gasteiger partial charge on any atom is -0.356 e. The zero-order valence-corrected chi connectivity index (χ0v) is 9.55. The van der Waals surface area contributed by atoms with E-state index in [1.54, 1.807) is 0 Å². The quantitative estimate of drug-likeness (QED) is 0.693. The van der Waals surface area contributed by atoms with Crippen molar-refractivity contribution in [3.05, 3.63) is 0 Å². The van der Waals surface area contributed by atoms with E-state index in [2.05, 4.69) is 31.2 Å². The number of nitrogens with one attached hydrogen (secondary N) is 1. The molecule has 1 amide bonds. The molecule has 0 aromatic carbocycles. The lowest BCUT2D eigenvalue weighted by molar-refractivity contribution is -0.122. The highest BCUT2D eigenvalue weighted by Gasteiger charge is 2.29. The van der Waals surface area contributed by atoms with E-state index in [1.807, 2.05) is 0 Å². The number of amides is 1. The van der Waals surface area contributed by atoms with Crippen molar-refractivity contribution in [2.24, 2.45) is 11.8 Å². The molecule has 0 saturated heterocycles. The summed E-state index contributed by atoms with van der Waals surface area (Å²) in [5.74, 6) is 1.19. The summed E-state index contributed by atoms with van der Waals surface area (Å²) >= 11 is 0. The van der Waals surface area contributed by atoms with Crippen molar-refractivity contribution < 1.29 is 4.79 Å². The van der Waals surface area contributed by atoms with Gasteiger partial charge in [0.15, 0.2) is 0 Å². The van der Waals surface area contributed by atoms with Gasteiger partial charge < -0.3 is 10.2 Å². The van der Waals surface area contributed by atoms with Gasteiger partial charge in [-0.1, -0.05) is 6.92 Å². The molecule has 1 aliphatic rings. The molecule has 0 aromatic rings. The van der Waals surface area contributed by atoms with Gasteiger partial charge >= 0.3 is 0 Å². The normalized spacial score (nSPS) is 18.3. The predicted molar refractivity (Wildman–Crippen MR) is 58.1 cm³/mol. The number of carbonyl (C=O) groups excluding carboxylic acids is 1. The van der Waals surface area contributed by atoms with Crippen LogP contribution in [0.25, 0.3) is 0 Å². The number of hydrogen-bond donors (Lipinski definition) is 1. The van der Waals surface area contributed by atoms with Crippen molar-refractivity contribution in [2.75, 3.05) is 27.2 Å². The van der Waals surface area contributed by atoms with Gasteiger partial charge in [-0.05, 0) is 45.8 Å². The standard InChI is InChI=1S/C11H22N2O/c1-9(6-7-13(2)3)8-12-11(14)10-4-5-10/h9-10H,4-8H2,1-3H3,(H,12,14). The first-order chi connectivity index (χ1) is 6.59. The maximum atomic E-state index is 11.3. The van der Waals surface area contributed by atoms with E-state index in [9.17, 15) is 4.79 Å². The summed E-state index contributed by atoms with van der Waals surface area (Å²) in [7, 11) is 4.16. The highest BCUT2D eigenvalue weighted by Crippen LogP contribution is 2.28. The van der Waals surface area contributed by atoms with Crippen LogP contribution in [0.15, 0.2) is 0 Å². The van der Waals surface area contributed by atoms with Gasteiger partial charge in [-0.15, -0.1) is 0 Å². The minimum atomic E-state index is 0.265. The van der Waals surface area contributed by atoms with Gasteiger partial charge in [0.25, 0.3) is 0 Å². The van der Waals surface area contributed by atoms with Gasteiger partial charge in [0, 0.05) is 12.5 Å². The smallest absolute Gasteiger partial charge is 0.223 e. The molecule has 3 heteroatoms. The van der Waals surface area contributed by atoms with E-state index in [0.29, 0.717) is 11.8 Å². The molecule has 0 radical (unpaired) electrons. The minimum absolute atomic E-state index is 0.265. The summed E-state index contributed by atoms with van der Waals surface area (Å²) in [4.78, 5) is 13.5. The third kappa shape index (κ3) is 4.61. The second kappa shape index (κ2) is 5.35. The first kappa shape index (κ1) is 11.5. The summed E-state index contributed by atoms with van der Waals surface area (Å²) in [6.45, 7) is 4.13. The van der Waals surface area contributed by atoms with Crippen LogP contribution in [0.5, 0.6) is 0 Å². The molecule has 1 saturated carbocycles. The van der Waals surface area contributed by atoms with Crippen LogP contribution in [0, 0.1) is 11.8 Å². The summed E-state index contributed by atoms with van der Waals surface area (Å²) in [5, 5.41) is 3.01. The van der Waals surface area contributed by atoms with Crippen LogP contribution in [0.2, 0.25) is 0 Å². The maximum Gasteiger partial charge on any atom is 0.223 e. The molecule has 0 aliphatic heterocycles. The average Bonchev–Trinajstić information content (AvgIpc) is 2.93. The fourth-order valence-electron chi connectivity index (χ4n) is 1.35. The third-order valence-corrected chi connectivity index (χ3v) is 2.64. The Labute approximate surface area is 86.9 Å². The van der Waals surface area contributed by atoms with E-state index < -0.39 is 0 Å². The summed E-state index contributed by atoms with van der Waals surface area (Å²) in [5.41, 5.74) is 0. The van der Waals surface area contributed by atoms with E-state index in [-0.39, 0.29) is 5.91 Å². The van der Waals surface area contributed by atoms with Gasteiger partial charge in [0.05, 0.1) is 0 Å². The van der Waals surface area contributed by atoms with Crippen molar-refractivity contribution in [3.63, 3.8) is 0 Å². The molecule has 82 valence electrons. The Morgan fingerprint density at radius 1 is 1.50 bits per heavy atom. The van der Waals surface area contributed by atoms with Crippen molar-refractivity contribution in [1.82, 2.24) is 10.2 Å². The summed E-state index contributed by atoms with van der Waals surface area (Å²) in [6.07, 6.45) is 3.34. The molecule has 1 aliphatic carbocycles. The monoisotopic (exact) mass is 198 g/mol. The molecule has 0 aromatic heterocycles. The molecule has 1 fully saturated rings. The van der Waals surface area contributed by atoms with Crippen LogP contribution in [-0.2, 0) is 4.79 Å². The van der Waals surface area contributed by atoms with Crippen LogP contribution < -0.4 is 5.32 Å². The zero-order chi connectivity index (χ0) is 10.6. The van der Waals surface area contributed by atoms with Crippen molar-refractivity contribution in [2.45, 2.75) is 26.2 Å². The van der Waals surface area contributed by atoms with Crippen molar-refractivity contribution >= 4 is 5.91 Å². The lowest BCUT2D eigenvalue weighted by atomic mass is 10.1. The predicted octanol–water partition coefficient (Wildman–Crippen LogP) is 1.10. The van der Waals surface area contributed by atoms with Crippen LogP contribution in [0.1, 0.15) is 26.2 Å². The molecule has 0 spiro atoms. The van der Waals surface area contributed by atoms with Crippen molar-refractivity contribution in [3.8, 4) is 0 Å². The topological polar surface area (TPSA) is 32.3 Å². The first-order valence-corrected chi connectivity index (χ1v) is 5.52. The Hall–Kier alpha value is -0.570. The van der Waals surface area contributed by atoms with E-state index in [4.69, 9.17) is 0 Å². The second-order valence-electron chi connectivity index (χ2n) is 4.72. The lowest BCUT2D eigenvalue weighted by Gasteiger charge is -2.15. The molecule has 1 unspecified atom stereocenters. The maximum absolute atomic E-state index is 11.3. The Balaban J connectivity index is 2.01. The van der Waals surface area contributed by atoms with Gasteiger partial charge in [-0.3, -0.25) is 4.79 Å². The molecule has 14 heavy (non-hydrogen) atoms. The Morgan fingerprint density at radius 2 is 2.14 bits per heavy atom. The van der Waals surface area contributed by atoms with Crippen molar-refractivity contribution in [1.29, 1.82) is 0 Å². The molecular formula is C11H22N2O. The number of hydrogen-bond acceptors (Lipinski definition) is 2. The third-order valence-electron chi connectivity index (χ3n) is 2.64. The highest BCUT2D eigenvalue weighted by molar-refractivity contribution is 5.80. The first-order valence-electron chi connectivity index (χ1n) is 5.52. The summed E-state index contributed by atoms with van der Waals surface area (Å²) < 4.78 is 0. The van der Waals surface area contributed by atoms with Crippen LogP contribution in [0.3, 0.4) is 0 Å². The van der Waals surface area contributed by atoms with Gasteiger partial charge in [-0.25, -0.2) is 0 Å². The Bertz CT molecular complexity index is 188. The number of rotatable bonds is 6. The molecule has 1 atom stereocenters. The molecule has 1 N–H and O–H groups in total. The molecule has 0 heterocycles. The lowest BCUT2D eigenvalue weighted by Crippen LogP contribution is -2.30. The second-order valence-corrected chi connectivity index (χ2v) is 4.72. The fourth-order valence-corrected chi connectivity index (χ4v) is 1.35. The Morgan fingerprint density at radius 3 is 2.64 bits per heavy atom. The zero-order valence-electron chi connectivity index (χ0n) is 9.55. The molecular weight excluding hydrogens is 176 g/mol.